The second-order valence-electron chi connectivity index (χ2n) is 3.77. The van der Waals surface area contributed by atoms with Gasteiger partial charge in [0.05, 0.1) is 17.4 Å². The monoisotopic (exact) mass is 288 g/mol. The van der Waals surface area contributed by atoms with E-state index < -0.39 is 0 Å². The lowest BCUT2D eigenvalue weighted by molar-refractivity contribution is 1.09. The average molecular weight is 289 g/mol. The summed E-state index contributed by atoms with van der Waals surface area (Å²) in [5, 5.41) is 7.79. The second-order valence-corrected chi connectivity index (χ2v) is 4.68. The Morgan fingerprint density at radius 3 is 2.88 bits per heavy atom. The Bertz CT molecular complexity index is 671. The molecule has 0 fully saturated rings. The van der Waals surface area contributed by atoms with Crippen LogP contribution >= 0.6 is 15.9 Å². The third-order valence-electron chi connectivity index (χ3n) is 2.54. The number of nitrogens with one attached hydrogen (secondary N) is 1. The molecule has 1 aromatic carbocycles. The molecule has 4 nitrogen and oxygen atoms in total. The molecule has 3 rings (SSSR count). The van der Waals surface area contributed by atoms with Crippen molar-refractivity contribution in [3.63, 3.8) is 0 Å². The van der Waals surface area contributed by atoms with Crippen LogP contribution < -0.4 is 0 Å². The van der Waals surface area contributed by atoms with E-state index in [0.717, 1.165) is 32.5 Å². The van der Waals surface area contributed by atoms with Gasteiger partial charge in [0.1, 0.15) is 5.82 Å². The number of aromatic amines is 1. The maximum Gasteiger partial charge on any atom is 0.126 e. The van der Waals surface area contributed by atoms with E-state index in [-0.39, 0.29) is 0 Å². The van der Waals surface area contributed by atoms with Crippen LogP contribution in [0.2, 0.25) is 0 Å². The summed E-state index contributed by atoms with van der Waals surface area (Å²) in [7, 11) is 0. The number of halogens is 1. The first kappa shape index (κ1) is 10.4. The Labute approximate surface area is 106 Å². The molecule has 0 saturated carbocycles. The van der Waals surface area contributed by atoms with E-state index in [9.17, 15) is 0 Å². The van der Waals surface area contributed by atoms with Crippen LogP contribution in [0, 0.1) is 6.92 Å². The van der Waals surface area contributed by atoms with Crippen LogP contribution in [0.15, 0.2) is 35.1 Å². The Morgan fingerprint density at radius 1 is 1.24 bits per heavy atom. The van der Waals surface area contributed by atoms with Gasteiger partial charge in [0.2, 0.25) is 0 Å². The molecule has 0 bridgehead atoms. The van der Waals surface area contributed by atoms with E-state index in [1.807, 2.05) is 31.3 Å². The normalized spacial score (nSPS) is 10.9. The topological polar surface area (TPSA) is 54.5 Å². The predicted octanol–water partition coefficient (Wildman–Crippen LogP) is 3.09. The van der Waals surface area contributed by atoms with Crippen LogP contribution in [-0.2, 0) is 0 Å². The van der Waals surface area contributed by atoms with Crippen molar-refractivity contribution in [1.82, 2.24) is 20.2 Å². The second kappa shape index (κ2) is 3.92. The molecule has 1 N–H and O–H groups in total. The average Bonchev–Trinajstić information content (AvgIpc) is 2.80. The van der Waals surface area contributed by atoms with Gasteiger partial charge < -0.3 is 0 Å². The van der Waals surface area contributed by atoms with Crippen molar-refractivity contribution in [2.45, 2.75) is 6.92 Å². The lowest BCUT2D eigenvalue weighted by Gasteiger charge is -2.05. The maximum absolute atomic E-state index is 4.49. The standard InChI is InChI=1S/C12H9BrN4/c1-7-16-11-4-9(13)2-3-10(11)12(17-7)8-5-14-15-6-8/h2-6H,1H3,(H,14,15). The van der Waals surface area contributed by atoms with Crippen molar-refractivity contribution in [3.05, 3.63) is 40.9 Å². The van der Waals surface area contributed by atoms with Crippen molar-refractivity contribution >= 4 is 26.8 Å². The van der Waals surface area contributed by atoms with E-state index in [1.165, 1.54) is 0 Å². The number of benzene rings is 1. The molecule has 2 heterocycles. The number of fused-ring (bicyclic) bond motifs is 1. The molecule has 0 radical (unpaired) electrons. The minimum absolute atomic E-state index is 0.756. The fourth-order valence-corrected chi connectivity index (χ4v) is 2.17. The lowest BCUT2D eigenvalue weighted by atomic mass is 10.1. The quantitative estimate of drug-likeness (QED) is 0.749. The molecule has 2 aromatic heterocycles. The highest BCUT2D eigenvalue weighted by atomic mass is 79.9. The van der Waals surface area contributed by atoms with Gasteiger partial charge in [-0.1, -0.05) is 15.9 Å². The molecule has 0 aliphatic rings. The smallest absolute Gasteiger partial charge is 0.126 e. The van der Waals surface area contributed by atoms with Crippen molar-refractivity contribution in [3.8, 4) is 11.3 Å². The summed E-state index contributed by atoms with van der Waals surface area (Å²) in [6, 6.07) is 6.00. The van der Waals surface area contributed by atoms with Gasteiger partial charge in [-0.2, -0.15) is 5.10 Å². The number of hydrogen-bond donors (Lipinski definition) is 1. The zero-order chi connectivity index (χ0) is 11.8. The first-order chi connectivity index (χ1) is 8.24. The van der Waals surface area contributed by atoms with Gasteiger partial charge in [0.15, 0.2) is 0 Å². The Balaban J connectivity index is 2.38. The van der Waals surface area contributed by atoms with E-state index in [2.05, 4.69) is 36.1 Å². The highest BCUT2D eigenvalue weighted by molar-refractivity contribution is 9.10. The SMILES string of the molecule is Cc1nc(-c2cn[nH]c2)c2ccc(Br)cc2n1. The zero-order valence-corrected chi connectivity index (χ0v) is 10.7. The number of aryl methyl sites for hydroxylation is 1. The lowest BCUT2D eigenvalue weighted by Crippen LogP contribution is -1.93. The molecule has 0 saturated heterocycles. The van der Waals surface area contributed by atoms with Crippen LogP contribution in [0.5, 0.6) is 0 Å². The summed E-state index contributed by atoms with van der Waals surface area (Å²) < 4.78 is 1.02. The largest absolute Gasteiger partial charge is 0.285 e. The molecule has 3 aromatic rings. The maximum atomic E-state index is 4.49. The molecule has 0 spiro atoms. The van der Waals surface area contributed by atoms with Gasteiger partial charge in [-0.05, 0) is 25.1 Å². The van der Waals surface area contributed by atoms with Crippen molar-refractivity contribution < 1.29 is 0 Å². The predicted molar refractivity (Wildman–Crippen MR) is 69.6 cm³/mol. The van der Waals surface area contributed by atoms with Crippen LogP contribution in [0.25, 0.3) is 22.2 Å². The van der Waals surface area contributed by atoms with Crippen LogP contribution in [0.3, 0.4) is 0 Å². The molecule has 84 valence electrons. The fourth-order valence-electron chi connectivity index (χ4n) is 1.82. The van der Waals surface area contributed by atoms with Crippen molar-refractivity contribution in [2.24, 2.45) is 0 Å². The van der Waals surface area contributed by atoms with Gasteiger partial charge in [-0.3, -0.25) is 5.10 Å². The molecule has 0 aliphatic carbocycles. The fraction of sp³-hybridized carbons (Fsp3) is 0.0833. The Morgan fingerprint density at radius 2 is 2.12 bits per heavy atom. The molecule has 0 amide bonds. The summed E-state index contributed by atoms with van der Waals surface area (Å²) in [5.74, 6) is 0.756. The molecule has 5 heteroatoms. The van der Waals surface area contributed by atoms with Gasteiger partial charge in [0.25, 0.3) is 0 Å². The van der Waals surface area contributed by atoms with E-state index in [0.29, 0.717) is 0 Å². The molecule has 0 unspecified atom stereocenters. The number of nitrogens with zero attached hydrogens (tertiary/aromatic N) is 3. The summed E-state index contributed by atoms with van der Waals surface area (Å²) in [5.41, 5.74) is 2.82. The zero-order valence-electron chi connectivity index (χ0n) is 9.11. The number of H-pyrrole nitrogens is 1. The van der Waals surface area contributed by atoms with Crippen molar-refractivity contribution in [2.75, 3.05) is 0 Å². The minimum Gasteiger partial charge on any atom is -0.285 e. The first-order valence-electron chi connectivity index (χ1n) is 5.17. The molecule has 0 atom stereocenters. The van der Waals surface area contributed by atoms with E-state index in [1.54, 1.807) is 6.20 Å². The van der Waals surface area contributed by atoms with Crippen LogP contribution in [-0.4, -0.2) is 20.2 Å². The molecule has 17 heavy (non-hydrogen) atoms. The first-order valence-corrected chi connectivity index (χ1v) is 5.96. The van der Waals surface area contributed by atoms with E-state index >= 15 is 0 Å². The van der Waals surface area contributed by atoms with Gasteiger partial charge in [-0.15, -0.1) is 0 Å². The Kier molecular flexibility index (Phi) is 2.40. The third-order valence-corrected chi connectivity index (χ3v) is 3.04. The highest BCUT2D eigenvalue weighted by Gasteiger charge is 2.09. The van der Waals surface area contributed by atoms with Gasteiger partial charge >= 0.3 is 0 Å². The summed E-state index contributed by atoms with van der Waals surface area (Å²) in [6.07, 6.45) is 3.60. The number of aromatic nitrogens is 4. The van der Waals surface area contributed by atoms with Crippen LogP contribution in [0.4, 0.5) is 0 Å². The summed E-state index contributed by atoms with van der Waals surface area (Å²) >= 11 is 3.45. The van der Waals surface area contributed by atoms with Gasteiger partial charge in [-0.25, -0.2) is 9.97 Å². The van der Waals surface area contributed by atoms with Crippen LogP contribution in [0.1, 0.15) is 5.82 Å². The van der Waals surface area contributed by atoms with E-state index in [4.69, 9.17) is 0 Å². The summed E-state index contributed by atoms with van der Waals surface area (Å²) in [6.45, 7) is 1.89. The number of hydrogen-bond acceptors (Lipinski definition) is 3. The molecular weight excluding hydrogens is 280 g/mol. The van der Waals surface area contributed by atoms with Gasteiger partial charge in [0, 0.05) is 21.6 Å². The molecular formula is C12H9BrN4. The third kappa shape index (κ3) is 1.82. The minimum atomic E-state index is 0.756. The Hall–Kier alpha value is -1.75. The highest BCUT2D eigenvalue weighted by Crippen LogP contribution is 2.27. The summed E-state index contributed by atoms with van der Waals surface area (Å²) in [4.78, 5) is 8.92. The van der Waals surface area contributed by atoms with Crippen molar-refractivity contribution in [1.29, 1.82) is 0 Å². The molecule has 0 aliphatic heterocycles. The number of rotatable bonds is 1.